The minimum atomic E-state index is -1.33. The van der Waals surface area contributed by atoms with Gasteiger partial charge in [0.15, 0.2) is 11.5 Å². The fourth-order valence-electron chi connectivity index (χ4n) is 4.82. The number of rotatable bonds is 3. The predicted molar refractivity (Wildman–Crippen MR) is 126 cm³/mol. The third kappa shape index (κ3) is 3.66. The summed E-state index contributed by atoms with van der Waals surface area (Å²) in [6.45, 7) is 6.03. The van der Waals surface area contributed by atoms with Crippen LogP contribution in [-0.2, 0) is 0 Å². The molecule has 1 aromatic carbocycles. The number of benzene rings is 1. The first kappa shape index (κ1) is 22.2. The summed E-state index contributed by atoms with van der Waals surface area (Å²) in [6, 6.07) is 5.06. The first-order chi connectivity index (χ1) is 16.2. The summed E-state index contributed by atoms with van der Waals surface area (Å²) in [6.07, 6.45) is 3.83. The monoisotopic (exact) mass is 464 g/mol. The number of hydrogen-bond donors (Lipinski definition) is 3. The van der Waals surface area contributed by atoms with Gasteiger partial charge in [0, 0.05) is 31.1 Å². The Kier molecular flexibility index (Phi) is 5.25. The van der Waals surface area contributed by atoms with Gasteiger partial charge in [0.2, 0.25) is 0 Å². The average molecular weight is 465 g/mol. The van der Waals surface area contributed by atoms with Crippen LogP contribution in [0.4, 0.5) is 5.82 Å². The van der Waals surface area contributed by atoms with Gasteiger partial charge in [-0.25, -0.2) is 19.9 Å². The quantitative estimate of drug-likeness (QED) is 0.413. The second kappa shape index (κ2) is 8.03. The van der Waals surface area contributed by atoms with Crippen LogP contribution < -0.4 is 5.73 Å². The molecule has 0 unspecified atom stereocenters. The molecule has 0 bridgehead atoms. The molecule has 4 aromatic rings. The van der Waals surface area contributed by atoms with Gasteiger partial charge in [-0.3, -0.25) is 4.79 Å². The molecule has 3 aromatic heterocycles. The summed E-state index contributed by atoms with van der Waals surface area (Å²) in [5.74, 6) is -0.0135. The number of carbonyl (C=O) groups is 1. The van der Waals surface area contributed by atoms with Crippen LogP contribution >= 0.6 is 0 Å². The molecule has 1 fully saturated rings. The number of nitrogen functional groups attached to an aromatic ring is 1. The number of likely N-dealkylation sites (tertiary alicyclic amines) is 1. The molecule has 1 amide bonds. The maximum absolute atomic E-state index is 13.6. The van der Waals surface area contributed by atoms with Gasteiger partial charge >= 0.3 is 0 Å². The molecule has 0 saturated carbocycles. The number of aromatic nitrogens is 6. The highest BCUT2D eigenvalue weighted by Crippen LogP contribution is 2.34. The number of anilines is 1. The van der Waals surface area contributed by atoms with E-state index in [1.807, 2.05) is 10.6 Å². The fourth-order valence-corrected chi connectivity index (χ4v) is 4.82. The van der Waals surface area contributed by atoms with Gasteiger partial charge in [-0.1, -0.05) is 0 Å². The van der Waals surface area contributed by atoms with Crippen LogP contribution in [0, 0.1) is 0 Å². The molecule has 4 N–H and O–H groups in total. The van der Waals surface area contributed by atoms with E-state index in [1.165, 1.54) is 6.33 Å². The first-order valence-electron chi connectivity index (χ1n) is 11.2. The summed E-state index contributed by atoms with van der Waals surface area (Å²) in [4.78, 5) is 32.1. The normalized spacial score (nSPS) is 23.6. The van der Waals surface area contributed by atoms with Gasteiger partial charge in [-0.05, 0) is 39.0 Å². The van der Waals surface area contributed by atoms with Crippen molar-refractivity contribution in [3.8, 4) is 0 Å². The van der Waals surface area contributed by atoms with E-state index in [4.69, 9.17) is 5.73 Å². The van der Waals surface area contributed by atoms with Crippen molar-refractivity contribution < 1.29 is 15.0 Å². The minimum Gasteiger partial charge on any atom is -0.391 e. The highest BCUT2D eigenvalue weighted by molar-refractivity contribution is 5.97. The van der Waals surface area contributed by atoms with Gasteiger partial charge in [0.25, 0.3) is 5.91 Å². The van der Waals surface area contributed by atoms with Crippen LogP contribution in [0.1, 0.15) is 49.6 Å². The third-order valence-electron chi connectivity index (χ3n) is 6.58. The highest BCUT2D eigenvalue weighted by atomic mass is 16.3. The number of nitrogens with zero attached hydrogens (tertiary/aromatic N) is 7. The van der Waals surface area contributed by atoms with Crippen molar-refractivity contribution in [3.63, 3.8) is 0 Å². The Morgan fingerprint density at radius 1 is 1.18 bits per heavy atom. The van der Waals surface area contributed by atoms with Gasteiger partial charge in [0.05, 0.1) is 41.4 Å². The summed E-state index contributed by atoms with van der Waals surface area (Å²) >= 11 is 0. The standard InChI is InChI=1S/C23H28N8O3/c1-13(2)30-11-27-16-6-14(4-5-17(16)30)22(33)29-8-15(32)7-23(3,34)18(9-29)31-12-28-19-20(24)25-10-26-21(19)31/h4-6,10-13,15,18,32,34H,7-9H2,1-3H3,(H2,24,25,26)/t15-,18+,23+/m0/s1. The Morgan fingerprint density at radius 2 is 1.97 bits per heavy atom. The molecule has 11 nitrogen and oxygen atoms in total. The number of β-amino-alcohol motifs (C(OH)–C–C–N with tert-alkyl or cyclic N) is 1. The van der Waals surface area contributed by atoms with Crippen LogP contribution in [0.2, 0.25) is 0 Å². The van der Waals surface area contributed by atoms with Crippen LogP contribution in [0.5, 0.6) is 0 Å². The second-order valence-corrected chi connectivity index (χ2v) is 9.47. The molecule has 1 aliphatic heterocycles. The maximum Gasteiger partial charge on any atom is 0.254 e. The van der Waals surface area contributed by atoms with E-state index >= 15 is 0 Å². The molecule has 0 aliphatic carbocycles. The topological polar surface area (TPSA) is 148 Å². The van der Waals surface area contributed by atoms with Crippen molar-refractivity contribution in [2.24, 2.45) is 0 Å². The zero-order chi connectivity index (χ0) is 24.2. The van der Waals surface area contributed by atoms with Crippen LogP contribution in [-0.4, -0.2) is 74.9 Å². The zero-order valence-corrected chi connectivity index (χ0v) is 19.3. The van der Waals surface area contributed by atoms with Crippen LogP contribution in [0.3, 0.4) is 0 Å². The molecule has 4 heterocycles. The lowest BCUT2D eigenvalue weighted by atomic mass is 9.91. The average Bonchev–Trinajstić information content (AvgIpc) is 3.37. The lowest BCUT2D eigenvalue weighted by Gasteiger charge is -2.34. The number of aliphatic hydroxyl groups excluding tert-OH is 1. The summed E-state index contributed by atoms with van der Waals surface area (Å²) in [7, 11) is 0. The van der Waals surface area contributed by atoms with E-state index in [9.17, 15) is 15.0 Å². The first-order valence-corrected chi connectivity index (χ1v) is 11.2. The lowest BCUT2D eigenvalue weighted by Crippen LogP contribution is -2.42. The van der Waals surface area contributed by atoms with Crippen LogP contribution in [0.25, 0.3) is 22.2 Å². The number of hydrogen-bond acceptors (Lipinski definition) is 8. The van der Waals surface area contributed by atoms with Crippen LogP contribution in [0.15, 0.2) is 37.2 Å². The molecule has 11 heteroatoms. The van der Waals surface area contributed by atoms with Crippen molar-refractivity contribution >= 4 is 33.9 Å². The van der Waals surface area contributed by atoms with Gasteiger partial charge in [-0.15, -0.1) is 0 Å². The molecule has 178 valence electrons. The summed E-state index contributed by atoms with van der Waals surface area (Å²) < 4.78 is 3.75. The van der Waals surface area contributed by atoms with Crippen molar-refractivity contribution in [1.82, 2.24) is 34.0 Å². The molecule has 5 rings (SSSR count). The second-order valence-electron chi connectivity index (χ2n) is 9.47. The van der Waals surface area contributed by atoms with Crippen molar-refractivity contribution in [1.29, 1.82) is 0 Å². The number of nitrogens with two attached hydrogens (primary N) is 1. The number of aliphatic hydroxyl groups is 2. The minimum absolute atomic E-state index is 0.0829. The molecule has 0 spiro atoms. The smallest absolute Gasteiger partial charge is 0.254 e. The maximum atomic E-state index is 13.6. The Bertz CT molecular complexity index is 1380. The number of carbonyl (C=O) groups excluding carboxylic acids is 1. The van der Waals surface area contributed by atoms with Crippen molar-refractivity contribution in [3.05, 3.63) is 42.7 Å². The van der Waals surface area contributed by atoms with E-state index in [0.717, 1.165) is 11.0 Å². The van der Waals surface area contributed by atoms with Crippen molar-refractivity contribution in [2.75, 3.05) is 18.8 Å². The SMILES string of the molecule is CC(C)n1cnc2cc(C(=O)N3C[C@@H](O)C[C@@](C)(O)[C@H](n4cnc5c(N)ncnc54)C3)ccc21. The largest absolute Gasteiger partial charge is 0.391 e. The van der Waals surface area contributed by atoms with E-state index in [0.29, 0.717) is 16.7 Å². The number of fused-ring (bicyclic) bond motifs is 2. The molecular formula is C23H28N8O3. The van der Waals surface area contributed by atoms with Gasteiger partial charge in [-0.2, -0.15) is 0 Å². The van der Waals surface area contributed by atoms with E-state index in [-0.39, 0.29) is 37.3 Å². The fraction of sp³-hybridized carbons (Fsp3) is 0.435. The Morgan fingerprint density at radius 3 is 2.74 bits per heavy atom. The molecule has 1 aliphatic rings. The Balaban J connectivity index is 1.52. The van der Waals surface area contributed by atoms with E-state index in [1.54, 1.807) is 41.2 Å². The summed E-state index contributed by atoms with van der Waals surface area (Å²) in [5, 5.41) is 22.0. The molecule has 0 radical (unpaired) electrons. The number of imidazole rings is 2. The van der Waals surface area contributed by atoms with E-state index < -0.39 is 17.7 Å². The van der Waals surface area contributed by atoms with E-state index in [2.05, 4.69) is 33.8 Å². The predicted octanol–water partition coefficient (Wildman–Crippen LogP) is 1.54. The molecule has 1 saturated heterocycles. The van der Waals surface area contributed by atoms with Gasteiger partial charge in [0.1, 0.15) is 11.8 Å². The highest BCUT2D eigenvalue weighted by Gasteiger charge is 2.42. The van der Waals surface area contributed by atoms with Crippen molar-refractivity contribution in [2.45, 2.75) is 51.0 Å². The molecule has 3 atom stereocenters. The molecular weight excluding hydrogens is 436 g/mol. The molecule has 34 heavy (non-hydrogen) atoms. The lowest BCUT2D eigenvalue weighted by molar-refractivity contribution is -0.0217. The third-order valence-corrected chi connectivity index (χ3v) is 6.58. The Hall–Kier alpha value is -3.57. The zero-order valence-electron chi connectivity index (χ0n) is 19.3. The Labute approximate surface area is 195 Å². The number of amides is 1. The summed E-state index contributed by atoms with van der Waals surface area (Å²) in [5.41, 5.74) is 7.63. The van der Waals surface area contributed by atoms with Gasteiger partial charge < -0.3 is 30.0 Å².